The summed E-state index contributed by atoms with van der Waals surface area (Å²) in [6, 6.07) is 0. The van der Waals surface area contributed by atoms with Crippen LogP contribution in [0.1, 0.15) is 27.7 Å². The van der Waals surface area contributed by atoms with Crippen LogP contribution in [0.3, 0.4) is 0 Å². The lowest BCUT2D eigenvalue weighted by molar-refractivity contribution is -0.145. The fourth-order valence-electron chi connectivity index (χ4n) is 1.48. The molecule has 0 aromatic rings. The van der Waals surface area contributed by atoms with Gasteiger partial charge >= 0.3 is 23.9 Å². The predicted octanol–water partition coefficient (Wildman–Crippen LogP) is -3.36. The minimum Gasteiger partial charge on any atom is -0.481 e. The van der Waals surface area contributed by atoms with Crippen LogP contribution in [0.4, 0.5) is 0 Å². The molecule has 12 N–H and O–H groups in total. The van der Waals surface area contributed by atoms with Crippen LogP contribution in [-0.2, 0) is 38.4 Å². The summed E-state index contributed by atoms with van der Waals surface area (Å²) in [6.45, 7) is 2.08. The van der Waals surface area contributed by atoms with Crippen molar-refractivity contribution < 1.29 is 90.2 Å². The third-order valence-corrected chi connectivity index (χ3v) is 2.17. The first kappa shape index (κ1) is 50.5. The molecule has 0 radical (unpaired) electrons. The van der Waals surface area contributed by atoms with E-state index in [-0.39, 0.29) is 24.0 Å². The fourth-order valence-corrected chi connectivity index (χ4v) is 1.48. The Morgan fingerprint density at radius 3 is 0.579 bits per heavy atom. The van der Waals surface area contributed by atoms with Crippen molar-refractivity contribution in [1.82, 2.24) is 9.80 Å². The summed E-state index contributed by atoms with van der Waals surface area (Å²) < 4.78 is 0. The van der Waals surface area contributed by atoms with Crippen molar-refractivity contribution in [2.75, 3.05) is 39.3 Å². The molecule has 0 saturated heterocycles. The number of carboxylic acid groups (broad SMARTS) is 8. The quantitative estimate of drug-likeness (QED) is 0.120. The first-order valence-electron chi connectivity index (χ1n) is 9.23. The monoisotopic (exact) mass is 568 g/mol. The van der Waals surface area contributed by atoms with Crippen LogP contribution in [0.15, 0.2) is 0 Å². The first-order valence-corrected chi connectivity index (χ1v) is 9.23. The van der Waals surface area contributed by atoms with Crippen LogP contribution >= 0.6 is 0 Å². The Kier molecular flexibility index (Phi) is 43.3. The van der Waals surface area contributed by atoms with E-state index in [2.05, 4.69) is 0 Å². The van der Waals surface area contributed by atoms with Gasteiger partial charge in [-0.2, -0.15) is 0 Å². The van der Waals surface area contributed by atoms with E-state index >= 15 is 0 Å². The number of rotatable bonds is 11. The highest BCUT2D eigenvalue weighted by molar-refractivity contribution is 5.73. The average Bonchev–Trinajstić information content (AvgIpc) is 2.55. The van der Waals surface area contributed by atoms with Gasteiger partial charge in [-0.15, -0.1) is 0 Å². The molecular formula is C18H36N2O18. The molecular weight excluding hydrogens is 532 g/mol. The number of hydrogen-bond acceptors (Lipinski definition) is 10. The zero-order valence-electron chi connectivity index (χ0n) is 21.0. The smallest absolute Gasteiger partial charge is 0.317 e. The molecule has 0 atom stereocenters. The summed E-state index contributed by atoms with van der Waals surface area (Å²) in [6.07, 6.45) is 0. The van der Waals surface area contributed by atoms with Crippen LogP contribution in [0, 0.1) is 0 Å². The summed E-state index contributed by atoms with van der Waals surface area (Å²) in [5, 5.41) is 64.1. The minimum atomic E-state index is -1.23. The maximum Gasteiger partial charge on any atom is 0.317 e. The van der Waals surface area contributed by atoms with Crippen LogP contribution in [0.2, 0.25) is 0 Å². The topological polar surface area (TPSA) is 368 Å². The summed E-state index contributed by atoms with van der Waals surface area (Å²) in [4.78, 5) is 80.4. The fraction of sp³-hybridized carbons (Fsp3) is 0.556. The van der Waals surface area contributed by atoms with E-state index in [1.807, 2.05) is 0 Å². The largest absolute Gasteiger partial charge is 0.481 e. The van der Waals surface area contributed by atoms with Crippen molar-refractivity contribution in [2.45, 2.75) is 27.7 Å². The molecule has 0 heterocycles. The molecule has 0 aromatic carbocycles. The normalized spacial score (nSPS) is 8.26. The van der Waals surface area contributed by atoms with Crippen molar-refractivity contribution >= 4 is 47.8 Å². The molecule has 0 spiro atoms. The predicted molar refractivity (Wildman–Crippen MR) is 124 cm³/mol. The molecule has 0 aliphatic carbocycles. The molecule has 0 saturated carbocycles. The second-order valence-corrected chi connectivity index (χ2v) is 6.07. The Balaban J connectivity index is -0.0000000873. The first-order chi connectivity index (χ1) is 16.1. The summed E-state index contributed by atoms with van der Waals surface area (Å²) >= 11 is 0. The van der Waals surface area contributed by atoms with Crippen molar-refractivity contribution in [1.29, 1.82) is 0 Å². The van der Waals surface area contributed by atoms with E-state index in [1.54, 1.807) is 0 Å². The third-order valence-electron chi connectivity index (χ3n) is 2.17. The Labute approximate surface area is 215 Å². The van der Waals surface area contributed by atoms with E-state index in [0.717, 1.165) is 37.5 Å². The standard InChI is InChI=1S/C10H16N2O8.4C2H4O2.2H2O/c13-7(14)3-11(4-8(15)16)1-2-12(5-9(17)18)6-10(19)20;4*1-2(3)4;;/h1-6H2,(H,13,14)(H,15,16)(H,17,18)(H,19,20);4*1H3,(H,3,4);2*1H2. The SMILES string of the molecule is CC(=O)O.CC(=O)O.CC(=O)O.CC(=O)O.O.O.O=C(O)CN(CCN(CC(=O)O)CC(=O)O)CC(=O)O. The van der Waals surface area contributed by atoms with E-state index < -0.39 is 73.9 Å². The van der Waals surface area contributed by atoms with Gasteiger partial charge in [0.05, 0.1) is 26.2 Å². The highest BCUT2D eigenvalue weighted by Crippen LogP contribution is 1.94. The molecule has 226 valence electrons. The molecule has 20 heteroatoms. The van der Waals surface area contributed by atoms with Gasteiger partial charge in [-0.25, -0.2) is 0 Å². The maximum absolute atomic E-state index is 10.6. The molecule has 38 heavy (non-hydrogen) atoms. The van der Waals surface area contributed by atoms with Gasteiger partial charge < -0.3 is 51.8 Å². The Hall–Kier alpha value is -4.40. The van der Waals surface area contributed by atoms with Gasteiger partial charge in [0.2, 0.25) is 0 Å². The summed E-state index contributed by atoms with van der Waals surface area (Å²) in [7, 11) is 0. The van der Waals surface area contributed by atoms with Crippen molar-refractivity contribution in [2.24, 2.45) is 0 Å². The molecule has 0 unspecified atom stereocenters. The lowest BCUT2D eigenvalue weighted by atomic mass is 10.4. The van der Waals surface area contributed by atoms with Crippen LogP contribution in [0.25, 0.3) is 0 Å². The number of hydrogen-bond donors (Lipinski definition) is 8. The van der Waals surface area contributed by atoms with Crippen LogP contribution in [-0.4, -0.2) is 149 Å². The zero-order valence-corrected chi connectivity index (χ0v) is 21.0. The molecule has 0 aliphatic rings. The van der Waals surface area contributed by atoms with Crippen molar-refractivity contribution in [3.05, 3.63) is 0 Å². The molecule has 20 nitrogen and oxygen atoms in total. The molecule has 0 aromatic heterocycles. The van der Waals surface area contributed by atoms with Crippen LogP contribution < -0.4 is 0 Å². The molecule has 0 bridgehead atoms. The van der Waals surface area contributed by atoms with E-state index in [0.29, 0.717) is 0 Å². The molecule has 0 amide bonds. The maximum atomic E-state index is 10.6. The Morgan fingerprint density at radius 1 is 0.395 bits per heavy atom. The third kappa shape index (κ3) is 107. The van der Waals surface area contributed by atoms with Gasteiger partial charge in [0.15, 0.2) is 0 Å². The highest BCUT2D eigenvalue weighted by Gasteiger charge is 2.17. The molecule has 0 aliphatic heterocycles. The number of aliphatic carboxylic acids is 8. The Morgan fingerprint density at radius 2 is 0.500 bits per heavy atom. The van der Waals surface area contributed by atoms with Crippen molar-refractivity contribution in [3.63, 3.8) is 0 Å². The van der Waals surface area contributed by atoms with E-state index in [4.69, 9.17) is 60.0 Å². The minimum absolute atomic E-state index is 0. The lowest BCUT2D eigenvalue weighted by Gasteiger charge is -2.23. The van der Waals surface area contributed by atoms with Gasteiger partial charge in [0.25, 0.3) is 23.9 Å². The van der Waals surface area contributed by atoms with Crippen LogP contribution in [0.5, 0.6) is 0 Å². The second-order valence-electron chi connectivity index (χ2n) is 6.07. The Bertz CT molecular complexity index is 592. The number of carboxylic acids is 8. The van der Waals surface area contributed by atoms with E-state index in [9.17, 15) is 19.2 Å². The van der Waals surface area contributed by atoms with E-state index in [1.165, 1.54) is 0 Å². The lowest BCUT2D eigenvalue weighted by Crippen LogP contribution is -2.43. The van der Waals surface area contributed by atoms with Crippen molar-refractivity contribution in [3.8, 4) is 0 Å². The van der Waals surface area contributed by atoms with Gasteiger partial charge in [0.1, 0.15) is 0 Å². The number of carbonyl (C=O) groups is 8. The molecule has 0 fully saturated rings. The summed E-state index contributed by atoms with van der Waals surface area (Å²) in [5.41, 5.74) is 0. The summed E-state index contributed by atoms with van der Waals surface area (Å²) in [5.74, 6) is -8.24. The van der Waals surface area contributed by atoms with Gasteiger partial charge in [0, 0.05) is 40.8 Å². The number of nitrogens with zero attached hydrogens (tertiary/aromatic N) is 2. The molecule has 0 rings (SSSR count). The van der Waals surface area contributed by atoms with Gasteiger partial charge in [-0.3, -0.25) is 48.2 Å². The van der Waals surface area contributed by atoms with Gasteiger partial charge in [-0.1, -0.05) is 0 Å². The highest BCUT2D eigenvalue weighted by atomic mass is 16.4. The average molecular weight is 568 g/mol. The second kappa shape index (κ2) is 32.6. The van der Waals surface area contributed by atoms with Gasteiger partial charge in [-0.05, 0) is 0 Å². The zero-order chi connectivity index (χ0) is 30.0.